The van der Waals surface area contributed by atoms with Gasteiger partial charge in [-0.15, -0.1) is 0 Å². The van der Waals surface area contributed by atoms with Crippen molar-refractivity contribution >= 4 is 39.0 Å². The second kappa shape index (κ2) is 12.5. The molecule has 9 aromatic carbocycles. The molecule has 10 aromatic rings. The van der Waals surface area contributed by atoms with E-state index in [0.717, 1.165) is 45.4 Å². The van der Waals surface area contributed by atoms with E-state index in [-0.39, 0.29) is 5.41 Å². The summed E-state index contributed by atoms with van der Waals surface area (Å²) in [4.78, 5) is 2.46. The Balaban J connectivity index is 1.06. The SMILES string of the molecule is CCC1(C)c2ccccc2-c2cccc(-c3cccc(N(c4ccc5c(c4)C4(c6ccccc6-c6ccccc64)c4ccccc4-5)c4ccc5oc6ccccc6c5c4)c3)c21. The summed E-state index contributed by atoms with van der Waals surface area (Å²) >= 11 is 0. The first-order valence-corrected chi connectivity index (χ1v) is 21.6. The molecular weight excluding hydrogens is 739 g/mol. The largest absolute Gasteiger partial charge is 0.456 e. The van der Waals surface area contributed by atoms with Gasteiger partial charge in [0.15, 0.2) is 0 Å². The minimum atomic E-state index is -0.447. The molecule has 2 heteroatoms. The summed E-state index contributed by atoms with van der Waals surface area (Å²) in [6.45, 7) is 4.76. The number of nitrogens with zero attached hydrogens (tertiary/aromatic N) is 1. The Morgan fingerprint density at radius 2 is 0.902 bits per heavy atom. The monoisotopic (exact) mass is 779 g/mol. The lowest BCUT2D eigenvalue weighted by molar-refractivity contribution is 0.566. The Morgan fingerprint density at radius 1 is 0.393 bits per heavy atom. The number of rotatable bonds is 5. The average Bonchev–Trinajstić information content (AvgIpc) is 4.02. The van der Waals surface area contributed by atoms with Gasteiger partial charge >= 0.3 is 0 Å². The van der Waals surface area contributed by atoms with Crippen molar-refractivity contribution in [2.45, 2.75) is 31.1 Å². The van der Waals surface area contributed by atoms with E-state index in [1.807, 2.05) is 6.07 Å². The van der Waals surface area contributed by atoms with E-state index in [4.69, 9.17) is 4.42 Å². The van der Waals surface area contributed by atoms with Crippen molar-refractivity contribution in [1.29, 1.82) is 0 Å². The van der Waals surface area contributed by atoms with Crippen molar-refractivity contribution in [3.63, 3.8) is 0 Å². The molecule has 0 bridgehead atoms. The molecule has 3 aliphatic carbocycles. The summed E-state index contributed by atoms with van der Waals surface area (Å²) in [6, 6.07) is 74.5. The lowest BCUT2D eigenvalue weighted by atomic mass is 9.70. The molecule has 1 unspecified atom stereocenters. The van der Waals surface area contributed by atoms with Gasteiger partial charge in [-0.05, 0) is 133 Å². The number of furan rings is 1. The van der Waals surface area contributed by atoms with Crippen molar-refractivity contribution < 1.29 is 4.42 Å². The van der Waals surface area contributed by atoms with Gasteiger partial charge in [0.25, 0.3) is 0 Å². The van der Waals surface area contributed by atoms with Crippen LogP contribution in [0.5, 0.6) is 0 Å². The zero-order chi connectivity index (χ0) is 40.5. The molecule has 0 saturated carbocycles. The van der Waals surface area contributed by atoms with Crippen molar-refractivity contribution in [2.24, 2.45) is 0 Å². The fourth-order valence-corrected chi connectivity index (χ4v) is 11.6. The smallest absolute Gasteiger partial charge is 0.135 e. The summed E-state index contributed by atoms with van der Waals surface area (Å²) < 4.78 is 6.38. The van der Waals surface area contributed by atoms with Gasteiger partial charge in [0.05, 0.1) is 5.41 Å². The van der Waals surface area contributed by atoms with Crippen molar-refractivity contribution in [1.82, 2.24) is 0 Å². The Labute approximate surface area is 356 Å². The van der Waals surface area contributed by atoms with Crippen LogP contribution >= 0.6 is 0 Å². The quantitative estimate of drug-likeness (QED) is 0.173. The molecule has 0 N–H and O–H groups in total. The van der Waals surface area contributed by atoms with E-state index in [1.165, 1.54) is 77.9 Å². The van der Waals surface area contributed by atoms with Gasteiger partial charge in [0.1, 0.15) is 11.2 Å². The number of benzene rings is 9. The zero-order valence-electron chi connectivity index (χ0n) is 34.1. The molecule has 3 aliphatic rings. The predicted molar refractivity (Wildman–Crippen MR) is 252 cm³/mol. The van der Waals surface area contributed by atoms with Gasteiger partial charge in [-0.1, -0.05) is 166 Å². The molecular formula is C59H41NO. The molecule has 13 rings (SSSR count). The van der Waals surface area contributed by atoms with Crippen molar-refractivity contribution in [3.8, 4) is 44.5 Å². The molecule has 0 amide bonds. The molecule has 1 aromatic heterocycles. The van der Waals surface area contributed by atoms with Crippen LogP contribution in [-0.2, 0) is 10.8 Å². The minimum Gasteiger partial charge on any atom is -0.456 e. The van der Waals surface area contributed by atoms with Gasteiger partial charge in [-0.2, -0.15) is 0 Å². The third kappa shape index (κ3) is 4.52. The van der Waals surface area contributed by atoms with E-state index < -0.39 is 5.41 Å². The van der Waals surface area contributed by atoms with Gasteiger partial charge in [0.2, 0.25) is 0 Å². The normalized spacial score (nSPS) is 16.0. The third-order valence-corrected chi connectivity index (χ3v) is 14.4. The summed E-state index contributed by atoms with van der Waals surface area (Å²) in [6.07, 6.45) is 1.02. The van der Waals surface area contributed by atoms with Gasteiger partial charge in [-0.3, -0.25) is 0 Å². The zero-order valence-corrected chi connectivity index (χ0v) is 34.1. The van der Waals surface area contributed by atoms with Crippen LogP contribution in [0.25, 0.3) is 66.4 Å². The fourth-order valence-electron chi connectivity index (χ4n) is 11.6. The molecule has 288 valence electrons. The van der Waals surface area contributed by atoms with E-state index >= 15 is 0 Å². The van der Waals surface area contributed by atoms with Gasteiger partial charge < -0.3 is 9.32 Å². The highest BCUT2D eigenvalue weighted by Gasteiger charge is 2.51. The highest BCUT2D eigenvalue weighted by molar-refractivity contribution is 6.07. The van der Waals surface area contributed by atoms with Crippen LogP contribution in [-0.4, -0.2) is 0 Å². The molecule has 0 fully saturated rings. The number of hydrogen-bond acceptors (Lipinski definition) is 2. The van der Waals surface area contributed by atoms with E-state index in [9.17, 15) is 0 Å². The summed E-state index contributed by atoms with van der Waals surface area (Å²) in [7, 11) is 0. The lowest BCUT2D eigenvalue weighted by Crippen LogP contribution is -2.26. The second-order valence-electron chi connectivity index (χ2n) is 17.2. The summed E-state index contributed by atoms with van der Waals surface area (Å²) in [5, 5.41) is 2.23. The maximum atomic E-state index is 6.38. The molecule has 0 aliphatic heterocycles. The summed E-state index contributed by atoms with van der Waals surface area (Å²) in [5.74, 6) is 0. The fraction of sp³-hybridized carbons (Fsp3) is 0.0847. The van der Waals surface area contributed by atoms with E-state index in [2.05, 4.69) is 213 Å². The highest BCUT2D eigenvalue weighted by atomic mass is 16.3. The number of fused-ring (bicyclic) bond motifs is 16. The molecule has 61 heavy (non-hydrogen) atoms. The maximum absolute atomic E-state index is 6.38. The maximum Gasteiger partial charge on any atom is 0.135 e. The lowest BCUT2D eigenvalue weighted by Gasteiger charge is -2.32. The van der Waals surface area contributed by atoms with Crippen LogP contribution in [0.1, 0.15) is 53.6 Å². The van der Waals surface area contributed by atoms with Gasteiger partial charge in [0, 0.05) is 33.2 Å². The first-order chi connectivity index (χ1) is 30.1. The molecule has 0 radical (unpaired) electrons. The molecule has 1 heterocycles. The minimum absolute atomic E-state index is 0.0945. The Kier molecular flexibility index (Phi) is 7.09. The number of hydrogen-bond donors (Lipinski definition) is 0. The Morgan fingerprint density at radius 3 is 1.61 bits per heavy atom. The van der Waals surface area contributed by atoms with Crippen molar-refractivity contribution in [3.05, 3.63) is 234 Å². The highest BCUT2D eigenvalue weighted by Crippen LogP contribution is 2.63. The van der Waals surface area contributed by atoms with E-state index in [1.54, 1.807) is 0 Å². The summed E-state index contributed by atoms with van der Waals surface area (Å²) in [5.41, 5.74) is 23.1. The van der Waals surface area contributed by atoms with Gasteiger partial charge in [-0.25, -0.2) is 0 Å². The van der Waals surface area contributed by atoms with Crippen LogP contribution in [0.2, 0.25) is 0 Å². The topological polar surface area (TPSA) is 16.4 Å². The first kappa shape index (κ1) is 34.4. The van der Waals surface area contributed by atoms with Crippen LogP contribution in [0.4, 0.5) is 17.1 Å². The second-order valence-corrected chi connectivity index (χ2v) is 17.2. The Hall–Kier alpha value is -7.42. The number of anilines is 3. The standard InChI is InChI=1S/C59H41NO/c1-3-58(2)50-25-9-4-21-45(50)48-24-15-23-41(57(48)58)37-16-14-17-38(34-37)60(39-31-33-56-49(35-39)47-22-8-13-29-55(47)61-56)40-30-32-46-44-20-7-12-28-53(44)59(54(46)36-40)51-26-10-5-18-42(51)43-19-6-11-27-52(43)59/h4-36H,3H2,1-2H3. The average molecular weight is 780 g/mol. The predicted octanol–water partition coefficient (Wildman–Crippen LogP) is 15.8. The van der Waals surface area contributed by atoms with Crippen LogP contribution in [0.3, 0.4) is 0 Å². The molecule has 0 saturated heterocycles. The van der Waals surface area contributed by atoms with Crippen LogP contribution in [0.15, 0.2) is 205 Å². The number of para-hydroxylation sites is 1. The van der Waals surface area contributed by atoms with Crippen molar-refractivity contribution in [2.75, 3.05) is 4.90 Å². The van der Waals surface area contributed by atoms with E-state index in [0.29, 0.717) is 0 Å². The Bertz CT molecular complexity index is 3400. The first-order valence-electron chi connectivity index (χ1n) is 21.6. The third-order valence-electron chi connectivity index (χ3n) is 14.4. The molecule has 1 atom stereocenters. The van der Waals surface area contributed by atoms with Crippen LogP contribution < -0.4 is 4.90 Å². The molecule has 2 nitrogen and oxygen atoms in total. The van der Waals surface area contributed by atoms with Crippen LogP contribution in [0, 0.1) is 0 Å². The molecule has 1 spiro atoms.